The molecule has 9 heteroatoms. The molecule has 3 rings (SSSR count). The van der Waals surface area contributed by atoms with Gasteiger partial charge in [0.2, 0.25) is 5.91 Å². The highest BCUT2D eigenvalue weighted by Crippen LogP contribution is 2.17. The van der Waals surface area contributed by atoms with E-state index in [0.717, 1.165) is 11.3 Å². The Labute approximate surface area is 166 Å². The first-order chi connectivity index (χ1) is 12.9. The molecule has 0 saturated heterocycles. The van der Waals surface area contributed by atoms with Crippen molar-refractivity contribution < 1.29 is 13.2 Å². The van der Waals surface area contributed by atoms with Gasteiger partial charge in [-0.3, -0.25) is 14.5 Å². The summed E-state index contributed by atoms with van der Waals surface area (Å²) in [5, 5.41) is 3.71. The van der Waals surface area contributed by atoms with Gasteiger partial charge in [-0.05, 0) is 48.0 Å². The number of amides is 1. The zero-order valence-corrected chi connectivity index (χ0v) is 16.4. The standard InChI is InChI=1S/C18H16ClN3O3S2/c19-14-4-1-13(2-5-14)3-10-17(23)21-15-6-8-16(9-7-15)27(24,25)22-18-20-11-12-26-18/h1-10H,11-12H2,(H,20,22)(H,21,23)/b10-3+. The molecule has 2 aromatic rings. The van der Waals surface area contributed by atoms with Crippen molar-refractivity contribution in [3.8, 4) is 0 Å². The van der Waals surface area contributed by atoms with E-state index in [0.29, 0.717) is 22.4 Å². The molecule has 1 aliphatic heterocycles. The van der Waals surface area contributed by atoms with Crippen LogP contribution in [0.2, 0.25) is 5.02 Å². The fraction of sp³-hybridized carbons (Fsp3) is 0.111. The highest BCUT2D eigenvalue weighted by atomic mass is 35.5. The number of amidine groups is 1. The van der Waals surface area contributed by atoms with Crippen LogP contribution in [0.4, 0.5) is 5.69 Å². The van der Waals surface area contributed by atoms with Crippen LogP contribution in [0.5, 0.6) is 0 Å². The van der Waals surface area contributed by atoms with Gasteiger partial charge in [-0.15, -0.1) is 0 Å². The van der Waals surface area contributed by atoms with Gasteiger partial charge >= 0.3 is 0 Å². The monoisotopic (exact) mass is 421 g/mol. The largest absolute Gasteiger partial charge is 0.323 e. The Hall–Kier alpha value is -2.29. The molecule has 1 heterocycles. The van der Waals surface area contributed by atoms with E-state index < -0.39 is 10.0 Å². The maximum Gasteiger partial charge on any atom is 0.263 e. The lowest BCUT2D eigenvalue weighted by atomic mass is 10.2. The molecule has 2 N–H and O–H groups in total. The van der Waals surface area contributed by atoms with Crippen molar-refractivity contribution >= 4 is 56.2 Å². The number of carbonyl (C=O) groups is 1. The number of nitrogens with zero attached hydrogens (tertiary/aromatic N) is 1. The second kappa shape index (κ2) is 8.60. The molecular formula is C18H16ClN3O3S2. The molecule has 27 heavy (non-hydrogen) atoms. The highest BCUT2D eigenvalue weighted by molar-refractivity contribution is 8.15. The molecule has 0 bridgehead atoms. The van der Waals surface area contributed by atoms with Crippen LogP contribution in [0.1, 0.15) is 5.56 Å². The van der Waals surface area contributed by atoms with E-state index in [1.807, 2.05) is 0 Å². The summed E-state index contributed by atoms with van der Waals surface area (Å²) in [6.07, 6.45) is 3.05. The number of thioether (sulfide) groups is 1. The molecular weight excluding hydrogens is 406 g/mol. The number of nitrogens with one attached hydrogen (secondary N) is 2. The molecule has 0 aliphatic carbocycles. The molecule has 1 amide bonds. The fourth-order valence-corrected chi connectivity index (χ4v) is 4.37. The number of hydrogen-bond acceptors (Lipinski definition) is 5. The number of rotatable bonds is 5. The zero-order valence-electron chi connectivity index (χ0n) is 14.1. The lowest BCUT2D eigenvalue weighted by Gasteiger charge is -2.08. The van der Waals surface area contributed by atoms with Gasteiger partial charge < -0.3 is 5.32 Å². The molecule has 0 radical (unpaired) electrons. The Morgan fingerprint density at radius 1 is 1.11 bits per heavy atom. The van der Waals surface area contributed by atoms with E-state index >= 15 is 0 Å². The van der Waals surface area contributed by atoms with Gasteiger partial charge in [0, 0.05) is 22.5 Å². The molecule has 0 spiro atoms. The molecule has 0 aromatic heterocycles. The van der Waals surface area contributed by atoms with E-state index in [1.54, 1.807) is 30.3 Å². The van der Waals surface area contributed by atoms with Gasteiger partial charge in [0.15, 0.2) is 5.17 Å². The minimum atomic E-state index is -3.68. The van der Waals surface area contributed by atoms with E-state index in [4.69, 9.17) is 11.6 Å². The van der Waals surface area contributed by atoms with Gasteiger partial charge in [0.1, 0.15) is 0 Å². The number of anilines is 1. The summed E-state index contributed by atoms with van der Waals surface area (Å²) >= 11 is 7.18. The molecule has 0 saturated carbocycles. The number of carbonyl (C=O) groups excluding carboxylic acids is 1. The Morgan fingerprint density at radius 2 is 1.81 bits per heavy atom. The minimum Gasteiger partial charge on any atom is -0.323 e. The van der Waals surface area contributed by atoms with Crippen LogP contribution >= 0.6 is 23.4 Å². The fourth-order valence-electron chi connectivity index (χ4n) is 2.22. The Bertz CT molecular complexity index is 986. The van der Waals surface area contributed by atoms with Gasteiger partial charge in [-0.2, -0.15) is 0 Å². The van der Waals surface area contributed by atoms with Crippen LogP contribution < -0.4 is 10.0 Å². The Morgan fingerprint density at radius 3 is 2.44 bits per heavy atom. The second-order valence-corrected chi connectivity index (χ2v) is 8.74. The average Bonchev–Trinajstić information content (AvgIpc) is 3.14. The van der Waals surface area contributed by atoms with E-state index in [9.17, 15) is 13.2 Å². The summed E-state index contributed by atoms with van der Waals surface area (Å²) in [6, 6.07) is 13.0. The third-order valence-corrected chi connectivity index (χ3v) is 6.16. The zero-order chi connectivity index (χ0) is 19.3. The van der Waals surface area contributed by atoms with Gasteiger partial charge in [0.25, 0.3) is 10.0 Å². The number of hydrogen-bond donors (Lipinski definition) is 2. The molecule has 140 valence electrons. The average molecular weight is 422 g/mol. The maximum absolute atomic E-state index is 12.3. The van der Waals surface area contributed by atoms with E-state index in [-0.39, 0.29) is 10.8 Å². The van der Waals surface area contributed by atoms with Crippen LogP contribution in [0.15, 0.2) is 64.5 Å². The van der Waals surface area contributed by atoms with Crippen LogP contribution in [0.25, 0.3) is 6.08 Å². The topological polar surface area (TPSA) is 87.6 Å². The third kappa shape index (κ3) is 5.59. The van der Waals surface area contributed by atoms with Crippen molar-refractivity contribution in [2.24, 2.45) is 4.99 Å². The molecule has 2 aromatic carbocycles. The van der Waals surface area contributed by atoms with Crippen molar-refractivity contribution in [1.82, 2.24) is 4.72 Å². The lowest BCUT2D eigenvalue weighted by Crippen LogP contribution is -2.27. The van der Waals surface area contributed by atoms with E-state index in [2.05, 4.69) is 15.0 Å². The Kier molecular flexibility index (Phi) is 6.20. The normalized spacial score (nSPS) is 14.2. The predicted octanol–water partition coefficient (Wildman–Crippen LogP) is 3.37. The maximum atomic E-state index is 12.3. The number of halogens is 1. The molecule has 0 unspecified atom stereocenters. The molecule has 0 fully saturated rings. The smallest absolute Gasteiger partial charge is 0.263 e. The summed E-state index contributed by atoms with van der Waals surface area (Å²) in [6.45, 7) is 0.608. The van der Waals surface area contributed by atoms with Gasteiger partial charge in [-0.25, -0.2) is 8.42 Å². The SMILES string of the molecule is O=C(/C=C/c1ccc(Cl)cc1)Nc1ccc(S(=O)(=O)NC2=NCCS2)cc1. The van der Waals surface area contributed by atoms with Crippen LogP contribution in [0, 0.1) is 0 Å². The quantitative estimate of drug-likeness (QED) is 0.724. The first kappa shape index (κ1) is 19.5. The van der Waals surface area contributed by atoms with Crippen molar-refractivity contribution in [2.75, 3.05) is 17.6 Å². The summed E-state index contributed by atoms with van der Waals surface area (Å²) in [5.41, 5.74) is 1.34. The van der Waals surface area contributed by atoms with Crippen molar-refractivity contribution in [2.45, 2.75) is 4.90 Å². The van der Waals surface area contributed by atoms with Gasteiger partial charge in [-0.1, -0.05) is 35.5 Å². The summed E-state index contributed by atoms with van der Waals surface area (Å²) in [4.78, 5) is 16.2. The third-order valence-electron chi connectivity index (χ3n) is 3.54. The highest BCUT2D eigenvalue weighted by Gasteiger charge is 2.18. The van der Waals surface area contributed by atoms with Crippen LogP contribution in [-0.2, 0) is 14.8 Å². The van der Waals surface area contributed by atoms with Crippen molar-refractivity contribution in [3.05, 3.63) is 65.2 Å². The molecule has 1 aliphatic rings. The van der Waals surface area contributed by atoms with E-state index in [1.165, 1.54) is 42.1 Å². The number of benzene rings is 2. The first-order valence-electron chi connectivity index (χ1n) is 7.97. The summed E-state index contributed by atoms with van der Waals surface area (Å²) in [5.74, 6) is 0.446. The predicted molar refractivity (Wildman–Crippen MR) is 111 cm³/mol. The molecule has 6 nitrogen and oxygen atoms in total. The summed E-state index contributed by atoms with van der Waals surface area (Å²) < 4.78 is 27.0. The Balaban J connectivity index is 1.61. The van der Waals surface area contributed by atoms with Gasteiger partial charge in [0.05, 0.1) is 11.4 Å². The summed E-state index contributed by atoms with van der Waals surface area (Å²) in [7, 11) is -3.68. The van der Waals surface area contributed by atoms with Crippen molar-refractivity contribution in [1.29, 1.82) is 0 Å². The van der Waals surface area contributed by atoms with Crippen LogP contribution in [0.3, 0.4) is 0 Å². The second-order valence-electron chi connectivity index (χ2n) is 5.54. The lowest BCUT2D eigenvalue weighted by molar-refractivity contribution is -0.111. The van der Waals surface area contributed by atoms with Crippen molar-refractivity contribution in [3.63, 3.8) is 0 Å². The number of sulfonamides is 1. The minimum absolute atomic E-state index is 0.104. The first-order valence-corrected chi connectivity index (χ1v) is 10.8. The molecule has 0 atom stereocenters. The number of aliphatic imine (C=N–C) groups is 1. The van der Waals surface area contributed by atoms with Crippen LogP contribution in [-0.4, -0.2) is 31.8 Å².